The molecule has 0 saturated carbocycles. The molecule has 1 unspecified atom stereocenters. The second-order valence-electron chi connectivity index (χ2n) is 19.9. The SMILES string of the molecule is C=C(F)C(=O)N1CC(N(C)C(=O)N(C)[C@H](C(=O)C2SC[C@@]23Cc2nc(cs2)-c2ccc4c(c2)c(c(-c2cccnc2[C@H](C)OC)n4CC)CC(C)(C)COC(=O)[C@@H]2CCCN(N2)C3=O)C(C)C)C1. The molecule has 68 heavy (non-hydrogen) atoms. The Kier molecular flexibility index (Phi) is 14.0. The maximum atomic E-state index is 15.2. The molecule has 3 aromatic heterocycles. The van der Waals surface area contributed by atoms with Gasteiger partial charge < -0.3 is 28.7 Å². The summed E-state index contributed by atoms with van der Waals surface area (Å²) < 4.78 is 27.8. The number of halogens is 1. The summed E-state index contributed by atoms with van der Waals surface area (Å²) in [5, 5.41) is 4.41. The first-order valence-corrected chi connectivity index (χ1v) is 25.3. The van der Waals surface area contributed by atoms with Crippen molar-refractivity contribution in [2.45, 2.75) is 103 Å². The van der Waals surface area contributed by atoms with Crippen molar-refractivity contribution in [3.63, 3.8) is 0 Å². The highest BCUT2D eigenvalue weighted by Crippen LogP contribution is 2.52. The lowest BCUT2D eigenvalue weighted by molar-refractivity contribution is -0.158. The zero-order chi connectivity index (χ0) is 49.0. The van der Waals surface area contributed by atoms with E-state index in [0.29, 0.717) is 43.1 Å². The van der Waals surface area contributed by atoms with E-state index in [9.17, 15) is 18.8 Å². The van der Waals surface area contributed by atoms with Crippen molar-refractivity contribution >= 4 is 63.6 Å². The van der Waals surface area contributed by atoms with E-state index in [4.69, 9.17) is 19.4 Å². The van der Waals surface area contributed by atoms with E-state index < -0.39 is 51.9 Å². The Balaban J connectivity index is 1.18. The number of thiazole rings is 1. The fraction of sp³-hybridized carbons (Fsp3) is 0.540. The zero-order valence-electron chi connectivity index (χ0n) is 40.5. The van der Waals surface area contributed by atoms with Crippen molar-refractivity contribution in [2.24, 2.45) is 16.7 Å². The highest BCUT2D eigenvalue weighted by Gasteiger charge is 2.60. The summed E-state index contributed by atoms with van der Waals surface area (Å²) in [6, 6.07) is 7.93. The number of ether oxygens (including phenoxy) is 2. The van der Waals surface area contributed by atoms with Gasteiger partial charge in [0, 0.05) is 98.6 Å². The number of hydrogen-bond acceptors (Lipinski definition) is 12. The van der Waals surface area contributed by atoms with E-state index in [1.54, 1.807) is 27.4 Å². The predicted molar refractivity (Wildman–Crippen MR) is 261 cm³/mol. The molecule has 0 aliphatic carbocycles. The van der Waals surface area contributed by atoms with Gasteiger partial charge in [-0.1, -0.05) is 40.3 Å². The number of aryl methyl sites for hydroxylation is 1. The first-order chi connectivity index (χ1) is 32.3. The minimum absolute atomic E-state index is 0.124. The van der Waals surface area contributed by atoms with Crippen molar-refractivity contribution in [3.05, 3.63) is 70.6 Å². The number of benzene rings is 1. The third-order valence-electron chi connectivity index (χ3n) is 14.2. The van der Waals surface area contributed by atoms with Crippen molar-refractivity contribution in [1.29, 1.82) is 0 Å². The highest BCUT2D eigenvalue weighted by atomic mass is 32.2. The van der Waals surface area contributed by atoms with Gasteiger partial charge in [0.2, 0.25) is 5.91 Å². The van der Waals surface area contributed by atoms with E-state index in [0.717, 1.165) is 44.7 Å². The van der Waals surface area contributed by atoms with Gasteiger partial charge >= 0.3 is 12.0 Å². The number of cyclic esters (lactones) is 1. The summed E-state index contributed by atoms with van der Waals surface area (Å²) in [6.45, 7) is 16.6. The molecule has 4 aliphatic rings. The minimum atomic E-state index is -1.25. The van der Waals surface area contributed by atoms with Gasteiger partial charge in [0.15, 0.2) is 11.6 Å². The van der Waals surface area contributed by atoms with Crippen molar-refractivity contribution in [1.82, 2.24) is 39.7 Å². The molecule has 4 aliphatic heterocycles. The van der Waals surface area contributed by atoms with Gasteiger partial charge in [-0.05, 0) is 68.9 Å². The van der Waals surface area contributed by atoms with Crippen molar-refractivity contribution < 1.29 is 37.8 Å². The van der Waals surface area contributed by atoms with Crippen LogP contribution in [-0.2, 0) is 48.0 Å². The molecule has 3 saturated heterocycles. The molecule has 4 amide bonds. The van der Waals surface area contributed by atoms with Gasteiger partial charge in [-0.15, -0.1) is 23.1 Å². The molecular weight excluding hydrogens is 908 g/mol. The van der Waals surface area contributed by atoms with Gasteiger partial charge in [0.05, 0.1) is 57.5 Å². The Morgan fingerprint density at radius 3 is 2.53 bits per heavy atom. The lowest BCUT2D eigenvalue weighted by atomic mass is 9.76. The Morgan fingerprint density at radius 1 is 1.12 bits per heavy atom. The van der Waals surface area contributed by atoms with Crippen LogP contribution in [0.3, 0.4) is 0 Å². The fourth-order valence-corrected chi connectivity index (χ4v) is 12.7. The molecule has 1 aromatic carbocycles. The number of ketones is 1. The number of carbonyl (C=O) groups is 5. The number of esters is 1. The summed E-state index contributed by atoms with van der Waals surface area (Å²) in [5.74, 6) is -2.88. The molecule has 1 N–H and O–H groups in total. The minimum Gasteiger partial charge on any atom is -0.464 e. The van der Waals surface area contributed by atoms with Crippen LogP contribution < -0.4 is 5.43 Å². The Morgan fingerprint density at radius 2 is 1.87 bits per heavy atom. The molecule has 364 valence electrons. The van der Waals surface area contributed by atoms with Crippen LogP contribution in [0.5, 0.6) is 0 Å². The number of likely N-dealkylation sites (N-methyl/N-ethyl adjacent to an activating group) is 2. The van der Waals surface area contributed by atoms with Crippen molar-refractivity contribution in [3.8, 4) is 22.5 Å². The number of amides is 4. The summed E-state index contributed by atoms with van der Waals surface area (Å²) in [6.07, 6.45) is 3.27. The summed E-state index contributed by atoms with van der Waals surface area (Å²) >= 11 is 2.83. The quantitative estimate of drug-likeness (QED) is 0.128. The average molecular weight is 971 g/mol. The monoisotopic (exact) mass is 970 g/mol. The number of methoxy groups -OCH3 is 1. The van der Waals surface area contributed by atoms with Gasteiger partial charge in [-0.25, -0.2) is 19.6 Å². The third-order valence-corrected chi connectivity index (χ3v) is 16.7. The molecular formula is C50H63FN8O7S2. The number of hydrazine groups is 1. The molecule has 5 atom stereocenters. The number of pyridine rings is 1. The Hall–Kier alpha value is -5.17. The van der Waals surface area contributed by atoms with Crippen molar-refractivity contribution in [2.75, 3.05) is 53.2 Å². The maximum absolute atomic E-state index is 15.2. The van der Waals surface area contributed by atoms with Crippen LogP contribution in [-0.4, -0.2) is 140 Å². The number of aromatic nitrogens is 3. The molecule has 18 heteroatoms. The molecule has 15 nitrogen and oxygen atoms in total. The normalized spacial score (nSPS) is 22.8. The van der Waals surface area contributed by atoms with Gasteiger partial charge in [0.25, 0.3) is 5.91 Å². The number of nitrogens with zero attached hydrogens (tertiary/aromatic N) is 7. The number of thioether (sulfide) groups is 1. The zero-order valence-corrected chi connectivity index (χ0v) is 42.1. The standard InChI is InChI=1S/C50H63FN8O7S2/c1-11-58-38-17-16-31-20-34(38)35(42(58)33-14-12-18-52-40(33)30(5)65-10)21-49(6,7)26-66-46(62)36-15-13-19-59(54-36)47(63)50(22-39-53-37(31)25-67-39)27-68-44(50)43(60)41(28(2)3)56(9)48(64)55(8)32-23-57(24-32)45(61)29(4)51/h12,14,16-18,20,25,28,30,32,36,41,44,54H,4,11,13,15,19,21-24,26-27H2,1-3,5-10H3/t30-,36-,41-,44?,50-/m0/s1. The topological polar surface area (TPSA) is 160 Å². The number of carbonyl (C=O) groups excluding carboxylic acids is 5. The Labute approximate surface area is 405 Å². The van der Waals surface area contributed by atoms with Crippen LogP contribution in [0.25, 0.3) is 33.4 Å². The first-order valence-electron chi connectivity index (χ1n) is 23.4. The smallest absolute Gasteiger partial charge is 0.324 e. The van der Waals surface area contributed by atoms with Crippen LogP contribution in [0.15, 0.2) is 54.3 Å². The van der Waals surface area contributed by atoms with E-state index in [1.165, 1.54) is 42.8 Å². The molecule has 6 bridgehead atoms. The van der Waals surface area contributed by atoms with Gasteiger partial charge in [0.1, 0.15) is 6.04 Å². The van der Waals surface area contributed by atoms with Crippen LogP contribution >= 0.6 is 23.1 Å². The number of nitrogens with one attached hydrogen (secondary N) is 1. The van der Waals surface area contributed by atoms with E-state index in [1.807, 2.05) is 32.2 Å². The van der Waals surface area contributed by atoms with E-state index >= 15 is 9.59 Å². The number of Topliss-reactive ketones (excluding diaryl/α,β-unsaturated/α-hetero) is 1. The second kappa shape index (κ2) is 19.3. The highest BCUT2D eigenvalue weighted by molar-refractivity contribution is 8.02. The molecule has 7 heterocycles. The lowest BCUT2D eigenvalue weighted by Crippen LogP contribution is -2.68. The predicted octanol–water partition coefficient (Wildman–Crippen LogP) is 7.09. The van der Waals surface area contributed by atoms with Crippen LogP contribution in [0, 0.1) is 16.7 Å². The molecule has 1 spiro atoms. The van der Waals surface area contributed by atoms with E-state index in [-0.39, 0.29) is 55.9 Å². The van der Waals surface area contributed by atoms with Crippen LogP contribution in [0.1, 0.15) is 76.8 Å². The second-order valence-corrected chi connectivity index (χ2v) is 21.9. The maximum Gasteiger partial charge on any atom is 0.324 e. The third kappa shape index (κ3) is 8.97. The Bertz CT molecular complexity index is 2640. The first kappa shape index (κ1) is 49.3. The fourth-order valence-electron chi connectivity index (χ4n) is 10.3. The number of hydrogen-bond donors (Lipinski definition) is 1. The average Bonchev–Trinajstić information content (AvgIpc) is 3.89. The van der Waals surface area contributed by atoms with Crippen LogP contribution in [0.2, 0.25) is 0 Å². The number of fused-ring (bicyclic) bond motifs is 6. The largest absolute Gasteiger partial charge is 0.464 e. The number of rotatable bonds is 10. The number of likely N-dealkylation sites (tertiary alicyclic amines) is 1. The lowest BCUT2D eigenvalue weighted by Gasteiger charge is -2.51. The summed E-state index contributed by atoms with van der Waals surface area (Å²) in [5.41, 5.74) is 8.08. The summed E-state index contributed by atoms with van der Waals surface area (Å²) in [4.78, 5) is 84.7. The molecule has 0 radical (unpaired) electrons. The van der Waals surface area contributed by atoms with Crippen LogP contribution in [0.4, 0.5) is 9.18 Å². The molecule has 4 aromatic rings. The molecule has 8 rings (SSSR count). The van der Waals surface area contributed by atoms with E-state index in [2.05, 4.69) is 61.6 Å². The summed E-state index contributed by atoms with van der Waals surface area (Å²) in [7, 11) is 4.87. The van der Waals surface area contributed by atoms with Gasteiger partial charge in [-0.3, -0.25) is 29.2 Å². The number of urea groups is 1. The van der Waals surface area contributed by atoms with Gasteiger partial charge in [-0.2, -0.15) is 0 Å². The molecule has 3 fully saturated rings.